The first-order chi connectivity index (χ1) is 10.3. The number of hydrogen-bond acceptors (Lipinski definition) is 5. The first-order valence-electron chi connectivity index (χ1n) is 7.74. The third kappa shape index (κ3) is 3.18. The van der Waals surface area contributed by atoms with Gasteiger partial charge in [0.05, 0.1) is 6.04 Å². The summed E-state index contributed by atoms with van der Waals surface area (Å²) >= 11 is 1.87. The van der Waals surface area contributed by atoms with Crippen molar-refractivity contribution in [2.75, 3.05) is 17.2 Å². The number of nitrogens with one attached hydrogen (secondary N) is 2. The predicted molar refractivity (Wildman–Crippen MR) is 89.2 cm³/mol. The van der Waals surface area contributed by atoms with Crippen LogP contribution in [0.5, 0.6) is 0 Å². The van der Waals surface area contributed by atoms with Crippen LogP contribution in [-0.2, 0) is 12.8 Å². The van der Waals surface area contributed by atoms with Gasteiger partial charge in [0, 0.05) is 23.9 Å². The maximum atomic E-state index is 4.63. The third-order valence-corrected chi connectivity index (χ3v) is 4.82. The van der Waals surface area contributed by atoms with Crippen molar-refractivity contribution in [1.29, 1.82) is 0 Å². The van der Waals surface area contributed by atoms with Gasteiger partial charge in [0.25, 0.3) is 0 Å². The lowest BCUT2D eigenvalue weighted by molar-refractivity contribution is 0.606. The fourth-order valence-electron chi connectivity index (χ4n) is 2.82. The molecule has 0 radical (unpaired) electrons. The van der Waals surface area contributed by atoms with Gasteiger partial charge in [0.2, 0.25) is 0 Å². The van der Waals surface area contributed by atoms with Crippen molar-refractivity contribution in [2.24, 2.45) is 0 Å². The van der Waals surface area contributed by atoms with Gasteiger partial charge in [-0.15, -0.1) is 11.3 Å². The molecule has 2 N–H and O–H groups in total. The van der Waals surface area contributed by atoms with E-state index in [0.29, 0.717) is 6.04 Å². The molecule has 0 saturated carbocycles. The molecule has 0 bridgehead atoms. The van der Waals surface area contributed by atoms with Crippen LogP contribution in [0, 0.1) is 0 Å². The molecule has 4 nitrogen and oxygen atoms in total. The average molecular weight is 302 g/mol. The van der Waals surface area contributed by atoms with E-state index in [0.717, 1.165) is 30.4 Å². The van der Waals surface area contributed by atoms with Crippen LogP contribution < -0.4 is 10.6 Å². The Kier molecular flexibility index (Phi) is 4.39. The average Bonchev–Trinajstić information content (AvgIpc) is 2.97. The number of rotatable bonds is 5. The van der Waals surface area contributed by atoms with Gasteiger partial charge in [0.1, 0.15) is 17.5 Å². The largest absolute Gasteiger partial charge is 0.370 e. The standard InChI is InChI=1S/C16H22N4S/c1-3-14-19-15(17-4-2)10-16(20-14)18-12-6-5-7-13-11(12)8-9-21-13/h8-10,12H,3-7H2,1-2H3,(H2,17,18,19,20). The summed E-state index contributed by atoms with van der Waals surface area (Å²) in [5, 5.41) is 9.10. The lowest BCUT2D eigenvalue weighted by Crippen LogP contribution is -2.17. The highest BCUT2D eigenvalue weighted by Crippen LogP contribution is 2.35. The third-order valence-electron chi connectivity index (χ3n) is 3.82. The number of aromatic nitrogens is 2. The molecule has 2 aromatic rings. The lowest BCUT2D eigenvalue weighted by Gasteiger charge is -2.24. The molecule has 2 aromatic heterocycles. The molecular formula is C16H22N4S. The van der Waals surface area contributed by atoms with Crippen molar-refractivity contribution >= 4 is 23.0 Å². The number of hydrogen-bond donors (Lipinski definition) is 2. The molecule has 0 saturated heterocycles. The van der Waals surface area contributed by atoms with Crippen LogP contribution >= 0.6 is 11.3 Å². The minimum absolute atomic E-state index is 0.383. The number of nitrogens with zero attached hydrogens (tertiary/aromatic N) is 2. The van der Waals surface area contributed by atoms with Gasteiger partial charge in [-0.2, -0.15) is 0 Å². The Morgan fingerprint density at radius 3 is 2.95 bits per heavy atom. The minimum Gasteiger partial charge on any atom is -0.370 e. The van der Waals surface area contributed by atoms with Crippen molar-refractivity contribution in [2.45, 2.75) is 45.6 Å². The summed E-state index contributed by atoms with van der Waals surface area (Å²) in [6.45, 7) is 5.05. The molecule has 5 heteroatoms. The zero-order valence-corrected chi connectivity index (χ0v) is 13.5. The van der Waals surface area contributed by atoms with E-state index in [1.807, 2.05) is 17.4 Å². The molecule has 1 aliphatic rings. The molecular weight excluding hydrogens is 280 g/mol. The van der Waals surface area contributed by atoms with Crippen molar-refractivity contribution < 1.29 is 0 Å². The monoisotopic (exact) mass is 302 g/mol. The molecule has 0 amide bonds. The van der Waals surface area contributed by atoms with E-state index in [2.05, 4.69) is 45.9 Å². The molecule has 0 fully saturated rings. The van der Waals surface area contributed by atoms with Gasteiger partial charge < -0.3 is 10.6 Å². The Hall–Kier alpha value is -1.62. The van der Waals surface area contributed by atoms with Gasteiger partial charge >= 0.3 is 0 Å². The second-order valence-electron chi connectivity index (χ2n) is 5.33. The zero-order valence-electron chi connectivity index (χ0n) is 12.6. The molecule has 112 valence electrons. The van der Waals surface area contributed by atoms with Crippen LogP contribution in [0.25, 0.3) is 0 Å². The summed E-state index contributed by atoms with van der Waals surface area (Å²) in [6.07, 6.45) is 4.49. The van der Waals surface area contributed by atoms with E-state index in [1.165, 1.54) is 29.7 Å². The molecule has 2 heterocycles. The van der Waals surface area contributed by atoms with Crippen LogP contribution in [0.15, 0.2) is 17.5 Å². The maximum Gasteiger partial charge on any atom is 0.132 e. The van der Waals surface area contributed by atoms with Crippen LogP contribution in [0.2, 0.25) is 0 Å². The normalized spacial score (nSPS) is 17.3. The van der Waals surface area contributed by atoms with Gasteiger partial charge in [-0.1, -0.05) is 6.92 Å². The van der Waals surface area contributed by atoms with E-state index in [-0.39, 0.29) is 0 Å². The van der Waals surface area contributed by atoms with Crippen molar-refractivity contribution in [3.63, 3.8) is 0 Å². The Balaban J connectivity index is 1.83. The summed E-state index contributed by atoms with van der Waals surface area (Å²) in [5.74, 6) is 2.73. The second kappa shape index (κ2) is 6.43. The summed E-state index contributed by atoms with van der Waals surface area (Å²) < 4.78 is 0. The molecule has 1 atom stereocenters. The van der Waals surface area contributed by atoms with E-state index < -0.39 is 0 Å². The van der Waals surface area contributed by atoms with Gasteiger partial charge in [0.15, 0.2) is 0 Å². The van der Waals surface area contributed by atoms with Crippen molar-refractivity contribution in [1.82, 2.24) is 9.97 Å². The summed E-state index contributed by atoms with van der Waals surface area (Å²) in [7, 11) is 0. The first-order valence-corrected chi connectivity index (χ1v) is 8.62. The van der Waals surface area contributed by atoms with Crippen LogP contribution in [0.3, 0.4) is 0 Å². The van der Waals surface area contributed by atoms with Gasteiger partial charge in [-0.25, -0.2) is 9.97 Å². The Morgan fingerprint density at radius 1 is 1.29 bits per heavy atom. The predicted octanol–water partition coefficient (Wildman–Crippen LogP) is 4.02. The van der Waals surface area contributed by atoms with E-state index >= 15 is 0 Å². The second-order valence-corrected chi connectivity index (χ2v) is 6.33. The van der Waals surface area contributed by atoms with E-state index in [4.69, 9.17) is 0 Å². The number of thiophene rings is 1. The Bertz CT molecular complexity index is 608. The maximum absolute atomic E-state index is 4.63. The van der Waals surface area contributed by atoms with E-state index in [9.17, 15) is 0 Å². The number of aryl methyl sites for hydroxylation is 2. The van der Waals surface area contributed by atoms with Gasteiger partial charge in [-0.05, 0) is 43.2 Å². The zero-order chi connectivity index (χ0) is 14.7. The summed E-state index contributed by atoms with van der Waals surface area (Å²) in [5.41, 5.74) is 1.45. The van der Waals surface area contributed by atoms with Gasteiger partial charge in [-0.3, -0.25) is 0 Å². The molecule has 1 aliphatic carbocycles. The quantitative estimate of drug-likeness (QED) is 0.876. The summed E-state index contributed by atoms with van der Waals surface area (Å²) in [6, 6.07) is 4.65. The van der Waals surface area contributed by atoms with E-state index in [1.54, 1.807) is 0 Å². The number of fused-ring (bicyclic) bond motifs is 1. The van der Waals surface area contributed by atoms with Crippen LogP contribution in [-0.4, -0.2) is 16.5 Å². The minimum atomic E-state index is 0.383. The highest BCUT2D eigenvalue weighted by Gasteiger charge is 2.21. The topological polar surface area (TPSA) is 49.8 Å². The fourth-order valence-corrected chi connectivity index (χ4v) is 3.80. The highest BCUT2D eigenvalue weighted by molar-refractivity contribution is 7.10. The highest BCUT2D eigenvalue weighted by atomic mass is 32.1. The summed E-state index contributed by atoms with van der Waals surface area (Å²) in [4.78, 5) is 10.7. The molecule has 0 spiro atoms. The SMILES string of the molecule is CCNc1cc(NC2CCCc3sccc32)nc(CC)n1. The number of anilines is 2. The molecule has 21 heavy (non-hydrogen) atoms. The molecule has 1 unspecified atom stereocenters. The smallest absolute Gasteiger partial charge is 0.132 e. The fraction of sp³-hybridized carbons (Fsp3) is 0.500. The Morgan fingerprint density at radius 2 is 2.14 bits per heavy atom. The first kappa shape index (κ1) is 14.3. The lowest BCUT2D eigenvalue weighted by atomic mass is 9.94. The van der Waals surface area contributed by atoms with Crippen molar-refractivity contribution in [3.8, 4) is 0 Å². The van der Waals surface area contributed by atoms with Crippen LogP contribution in [0.4, 0.5) is 11.6 Å². The molecule has 0 aromatic carbocycles. The molecule has 3 rings (SSSR count). The Labute approximate surface area is 130 Å². The molecule has 0 aliphatic heterocycles. The van der Waals surface area contributed by atoms with Crippen LogP contribution in [0.1, 0.15) is 49.0 Å². The van der Waals surface area contributed by atoms with Crippen molar-refractivity contribution in [3.05, 3.63) is 33.8 Å².